The summed E-state index contributed by atoms with van der Waals surface area (Å²) < 4.78 is 10.4. The van der Waals surface area contributed by atoms with Gasteiger partial charge in [-0.05, 0) is 29.8 Å². The van der Waals surface area contributed by atoms with E-state index in [1.54, 1.807) is 25.1 Å². The summed E-state index contributed by atoms with van der Waals surface area (Å²) in [6, 6.07) is 9.14. The van der Waals surface area contributed by atoms with Gasteiger partial charge >= 0.3 is 0 Å². The number of methoxy groups -OCH3 is 2. The van der Waals surface area contributed by atoms with Crippen LogP contribution in [0.25, 0.3) is 0 Å². The van der Waals surface area contributed by atoms with E-state index < -0.39 is 5.92 Å². The highest BCUT2D eigenvalue weighted by molar-refractivity contribution is 6.03. The Morgan fingerprint density at radius 2 is 1.59 bits per heavy atom. The SMILES string of the molecule is COc1cc(OC)cc([C@H](C)C(=O)c2ccc(O)cc2O)c1. The number of ether oxygens (including phenoxy) is 2. The first-order valence-electron chi connectivity index (χ1n) is 6.75. The van der Waals surface area contributed by atoms with E-state index in [-0.39, 0.29) is 22.8 Å². The Hall–Kier alpha value is -2.69. The summed E-state index contributed by atoms with van der Waals surface area (Å²) in [5.41, 5.74) is 0.876. The zero-order valence-corrected chi connectivity index (χ0v) is 12.7. The molecule has 5 heteroatoms. The molecule has 0 heterocycles. The normalized spacial score (nSPS) is 11.8. The van der Waals surface area contributed by atoms with Crippen molar-refractivity contribution in [2.24, 2.45) is 0 Å². The van der Waals surface area contributed by atoms with Crippen molar-refractivity contribution in [2.75, 3.05) is 14.2 Å². The maximum atomic E-state index is 12.6. The van der Waals surface area contributed by atoms with Gasteiger partial charge in [-0.3, -0.25) is 4.79 Å². The molecule has 2 aromatic rings. The molecule has 2 N–H and O–H groups in total. The standard InChI is InChI=1S/C17H18O5/c1-10(11-6-13(21-2)9-14(7-11)22-3)17(20)15-5-4-12(18)8-16(15)19/h4-10,18-19H,1-3H3/t10-/m0/s1. The van der Waals surface area contributed by atoms with Crippen LogP contribution < -0.4 is 9.47 Å². The van der Waals surface area contributed by atoms with Crippen molar-refractivity contribution in [2.45, 2.75) is 12.8 Å². The van der Waals surface area contributed by atoms with Crippen molar-refractivity contribution in [3.8, 4) is 23.0 Å². The van der Waals surface area contributed by atoms with Gasteiger partial charge in [0.1, 0.15) is 23.0 Å². The summed E-state index contributed by atoms with van der Waals surface area (Å²) in [5, 5.41) is 19.1. The highest BCUT2D eigenvalue weighted by Crippen LogP contribution is 2.32. The second kappa shape index (κ2) is 6.39. The third-order valence-corrected chi connectivity index (χ3v) is 3.51. The van der Waals surface area contributed by atoms with Gasteiger partial charge in [-0.15, -0.1) is 0 Å². The Bertz CT molecular complexity index is 671. The number of hydrogen-bond donors (Lipinski definition) is 2. The summed E-state index contributed by atoms with van der Waals surface area (Å²) in [7, 11) is 3.08. The Morgan fingerprint density at radius 3 is 2.09 bits per heavy atom. The number of benzene rings is 2. The number of carbonyl (C=O) groups is 1. The van der Waals surface area contributed by atoms with Crippen molar-refractivity contribution < 1.29 is 24.5 Å². The van der Waals surface area contributed by atoms with E-state index in [0.717, 1.165) is 6.07 Å². The molecule has 0 bridgehead atoms. The first-order valence-corrected chi connectivity index (χ1v) is 6.75. The highest BCUT2D eigenvalue weighted by atomic mass is 16.5. The van der Waals surface area contributed by atoms with E-state index >= 15 is 0 Å². The summed E-state index contributed by atoms with van der Waals surface area (Å²) in [6.07, 6.45) is 0. The number of rotatable bonds is 5. The molecule has 22 heavy (non-hydrogen) atoms. The minimum absolute atomic E-state index is 0.0928. The third kappa shape index (κ3) is 3.14. The van der Waals surface area contributed by atoms with Crippen molar-refractivity contribution in [1.29, 1.82) is 0 Å². The molecule has 0 radical (unpaired) electrons. The fourth-order valence-corrected chi connectivity index (χ4v) is 2.19. The number of phenolic OH excluding ortho intramolecular Hbond substituents is 2. The summed E-state index contributed by atoms with van der Waals surface area (Å²) in [4.78, 5) is 12.6. The van der Waals surface area contributed by atoms with E-state index in [1.807, 2.05) is 0 Å². The fraction of sp³-hybridized carbons (Fsp3) is 0.235. The van der Waals surface area contributed by atoms with Gasteiger partial charge in [-0.2, -0.15) is 0 Å². The Morgan fingerprint density at radius 1 is 1.00 bits per heavy atom. The molecular formula is C17H18O5. The first-order chi connectivity index (χ1) is 10.5. The molecule has 0 unspecified atom stereocenters. The molecule has 0 aliphatic rings. The van der Waals surface area contributed by atoms with Crippen LogP contribution in [0.3, 0.4) is 0 Å². The first kappa shape index (κ1) is 15.7. The zero-order valence-electron chi connectivity index (χ0n) is 12.7. The van der Waals surface area contributed by atoms with E-state index in [1.165, 1.54) is 26.4 Å². The Kier molecular flexibility index (Phi) is 4.56. The molecule has 0 saturated carbocycles. The van der Waals surface area contributed by atoms with Crippen LogP contribution in [0.2, 0.25) is 0 Å². The predicted molar refractivity (Wildman–Crippen MR) is 82.1 cm³/mol. The summed E-state index contributed by atoms with van der Waals surface area (Å²) >= 11 is 0. The van der Waals surface area contributed by atoms with Crippen LogP contribution in [-0.4, -0.2) is 30.2 Å². The number of carbonyl (C=O) groups excluding carboxylic acids is 1. The maximum Gasteiger partial charge on any atom is 0.173 e. The molecule has 0 amide bonds. The van der Waals surface area contributed by atoms with Gasteiger partial charge in [0.2, 0.25) is 0 Å². The number of Topliss-reactive ketones (excluding diaryl/α,β-unsaturated/α-hetero) is 1. The lowest BCUT2D eigenvalue weighted by molar-refractivity contribution is 0.0963. The molecule has 1 atom stereocenters. The van der Waals surface area contributed by atoms with Gasteiger partial charge in [0.15, 0.2) is 5.78 Å². The van der Waals surface area contributed by atoms with Crippen LogP contribution in [0, 0.1) is 0 Å². The monoisotopic (exact) mass is 302 g/mol. The zero-order chi connectivity index (χ0) is 16.3. The van der Waals surface area contributed by atoms with Gasteiger partial charge in [0.05, 0.1) is 19.8 Å². The van der Waals surface area contributed by atoms with Gasteiger partial charge in [0, 0.05) is 18.1 Å². The molecule has 0 aliphatic carbocycles. The lowest BCUT2D eigenvalue weighted by atomic mass is 9.91. The number of ketones is 1. The van der Waals surface area contributed by atoms with Gasteiger partial charge in [-0.25, -0.2) is 0 Å². The van der Waals surface area contributed by atoms with E-state index in [0.29, 0.717) is 17.1 Å². The number of hydrogen-bond acceptors (Lipinski definition) is 5. The quantitative estimate of drug-likeness (QED) is 0.830. The molecular weight excluding hydrogens is 284 g/mol. The van der Waals surface area contributed by atoms with Crippen molar-refractivity contribution in [3.05, 3.63) is 47.5 Å². The second-order valence-electron chi connectivity index (χ2n) is 4.93. The molecule has 0 aromatic heterocycles. The molecule has 0 aliphatic heterocycles. The average molecular weight is 302 g/mol. The van der Waals surface area contributed by atoms with Crippen molar-refractivity contribution >= 4 is 5.78 Å². The van der Waals surface area contributed by atoms with Crippen molar-refractivity contribution in [1.82, 2.24) is 0 Å². The molecule has 5 nitrogen and oxygen atoms in total. The molecule has 2 aromatic carbocycles. The third-order valence-electron chi connectivity index (χ3n) is 3.51. The van der Waals surface area contributed by atoms with Crippen molar-refractivity contribution in [3.63, 3.8) is 0 Å². The minimum atomic E-state index is -0.501. The maximum absolute atomic E-state index is 12.6. The number of aromatic hydroxyl groups is 2. The van der Waals surface area contributed by atoms with E-state index in [9.17, 15) is 15.0 Å². The van der Waals surface area contributed by atoms with Crippen LogP contribution in [0.4, 0.5) is 0 Å². The predicted octanol–water partition coefficient (Wildman–Crippen LogP) is 3.10. The second-order valence-corrected chi connectivity index (χ2v) is 4.93. The smallest absolute Gasteiger partial charge is 0.173 e. The molecule has 0 spiro atoms. The lowest BCUT2D eigenvalue weighted by Crippen LogP contribution is -2.10. The summed E-state index contributed by atoms with van der Waals surface area (Å²) in [6.45, 7) is 1.74. The fourth-order valence-electron chi connectivity index (χ4n) is 2.19. The molecule has 0 fully saturated rings. The van der Waals surface area contributed by atoms with E-state index in [4.69, 9.17) is 9.47 Å². The van der Waals surface area contributed by atoms with Gasteiger partial charge in [-0.1, -0.05) is 6.92 Å². The van der Waals surface area contributed by atoms with Gasteiger partial charge < -0.3 is 19.7 Å². The largest absolute Gasteiger partial charge is 0.508 e. The van der Waals surface area contributed by atoms with Crippen LogP contribution >= 0.6 is 0 Å². The van der Waals surface area contributed by atoms with Crippen LogP contribution in [0.15, 0.2) is 36.4 Å². The van der Waals surface area contributed by atoms with Crippen LogP contribution in [-0.2, 0) is 0 Å². The Labute approximate surface area is 128 Å². The molecule has 116 valence electrons. The molecule has 2 rings (SSSR count). The topological polar surface area (TPSA) is 76.0 Å². The lowest BCUT2D eigenvalue weighted by Gasteiger charge is -2.15. The van der Waals surface area contributed by atoms with Crippen LogP contribution in [0.5, 0.6) is 23.0 Å². The number of phenols is 2. The van der Waals surface area contributed by atoms with Gasteiger partial charge in [0.25, 0.3) is 0 Å². The minimum Gasteiger partial charge on any atom is -0.508 e. The average Bonchev–Trinajstić information content (AvgIpc) is 2.53. The van der Waals surface area contributed by atoms with Crippen LogP contribution in [0.1, 0.15) is 28.8 Å². The Balaban J connectivity index is 2.38. The molecule has 0 saturated heterocycles. The summed E-state index contributed by atoms with van der Waals surface area (Å²) in [5.74, 6) is 0.0802. The highest BCUT2D eigenvalue weighted by Gasteiger charge is 2.21. The van der Waals surface area contributed by atoms with E-state index in [2.05, 4.69) is 0 Å².